The van der Waals surface area contributed by atoms with Crippen molar-refractivity contribution >= 4 is 126 Å². The van der Waals surface area contributed by atoms with E-state index in [1.54, 1.807) is 0 Å². The zero-order valence-electron chi connectivity index (χ0n) is 34.2. The minimum Gasteiger partial charge on any atom is -0.309 e. The first-order chi connectivity index (χ1) is 28.9. The number of rotatable bonds is 7. The van der Waals surface area contributed by atoms with Gasteiger partial charge in [0.15, 0.2) is 0 Å². The summed E-state index contributed by atoms with van der Waals surface area (Å²) in [7, 11) is 11.3. The fourth-order valence-electron chi connectivity index (χ4n) is 9.17. The van der Waals surface area contributed by atoms with E-state index < -0.39 is 0 Å². The molecule has 1 aromatic heterocycles. The van der Waals surface area contributed by atoms with Crippen molar-refractivity contribution in [3.05, 3.63) is 182 Å². The highest BCUT2D eigenvalue weighted by Crippen LogP contribution is 2.50. The monoisotopic (exact) mass is 765 g/mol. The number of hydrogen-bond donors (Lipinski definition) is 0. The van der Waals surface area contributed by atoms with Gasteiger partial charge in [-0.3, -0.25) is 0 Å². The molecule has 0 unspecified atom stereocenters. The molecule has 0 saturated heterocycles. The third kappa shape index (κ3) is 6.33. The lowest BCUT2D eigenvalue weighted by atomic mass is 9.60. The summed E-state index contributed by atoms with van der Waals surface area (Å²) in [4.78, 5) is 2.47. The first-order valence-corrected chi connectivity index (χ1v) is 21.3. The van der Waals surface area contributed by atoms with Gasteiger partial charge in [-0.1, -0.05) is 163 Å². The maximum Gasteiger partial charge on any atom is 0.139 e. The molecular formula is C52H40B5NS. The summed E-state index contributed by atoms with van der Waals surface area (Å²) in [6, 6.07) is 66.9. The molecule has 0 bridgehead atoms. The first kappa shape index (κ1) is 36.9. The van der Waals surface area contributed by atoms with Crippen LogP contribution in [0, 0.1) is 0 Å². The van der Waals surface area contributed by atoms with E-state index in [4.69, 9.17) is 0 Å². The molecule has 9 aromatic carbocycles. The summed E-state index contributed by atoms with van der Waals surface area (Å²) in [6.45, 7) is 0. The third-order valence-corrected chi connectivity index (χ3v) is 13.9. The summed E-state index contributed by atoms with van der Waals surface area (Å²) in [5, 5.41) is 5.09. The van der Waals surface area contributed by atoms with Crippen molar-refractivity contribution in [2.24, 2.45) is 0 Å². The van der Waals surface area contributed by atoms with Crippen LogP contribution in [0.15, 0.2) is 182 Å². The number of hydrogen-bond acceptors (Lipinski definition) is 2. The topological polar surface area (TPSA) is 3.24 Å². The molecule has 0 amide bonds. The summed E-state index contributed by atoms with van der Waals surface area (Å²) >= 11 is 1.90. The molecule has 0 aliphatic heterocycles. The van der Waals surface area contributed by atoms with Gasteiger partial charge in [0.25, 0.3) is 0 Å². The maximum absolute atomic E-state index is 2.47. The zero-order valence-corrected chi connectivity index (χ0v) is 35.0. The Morgan fingerprint density at radius 1 is 0.339 bits per heavy atom. The van der Waals surface area contributed by atoms with Crippen molar-refractivity contribution in [1.29, 1.82) is 0 Å². The van der Waals surface area contributed by atoms with Gasteiger partial charge in [-0.15, -0.1) is 27.7 Å². The van der Waals surface area contributed by atoms with Crippen LogP contribution in [-0.4, -0.2) is 39.2 Å². The Kier molecular flexibility index (Phi) is 9.42. The van der Waals surface area contributed by atoms with E-state index in [0.717, 1.165) is 11.4 Å². The Hall–Kier alpha value is -6.42. The van der Waals surface area contributed by atoms with Crippen LogP contribution in [0.5, 0.6) is 0 Å². The molecule has 0 saturated carbocycles. The van der Waals surface area contributed by atoms with Crippen molar-refractivity contribution < 1.29 is 0 Å². The van der Waals surface area contributed by atoms with Gasteiger partial charge in [0, 0.05) is 26.8 Å². The second kappa shape index (κ2) is 15.1. The fourth-order valence-corrected chi connectivity index (χ4v) is 10.5. The highest BCUT2D eigenvalue weighted by molar-refractivity contribution is 7.27. The second-order valence-electron chi connectivity index (χ2n) is 15.8. The lowest BCUT2D eigenvalue weighted by Crippen LogP contribution is -2.55. The quantitative estimate of drug-likeness (QED) is 0.165. The van der Waals surface area contributed by atoms with Crippen LogP contribution in [0.25, 0.3) is 75.5 Å². The van der Waals surface area contributed by atoms with Crippen LogP contribution in [0.1, 0.15) is 0 Å². The van der Waals surface area contributed by atoms with E-state index in [2.05, 4.69) is 226 Å². The molecule has 274 valence electrons. The minimum atomic E-state index is 1.12. The third-order valence-electron chi connectivity index (χ3n) is 12.7. The van der Waals surface area contributed by atoms with Crippen LogP contribution in [0.4, 0.5) is 17.1 Å². The molecule has 59 heavy (non-hydrogen) atoms. The van der Waals surface area contributed by atoms with E-state index in [9.17, 15) is 0 Å². The van der Waals surface area contributed by atoms with Crippen LogP contribution in [0.2, 0.25) is 0 Å². The number of anilines is 3. The van der Waals surface area contributed by atoms with Gasteiger partial charge in [-0.2, -0.15) is 0 Å². The molecule has 0 spiro atoms. The summed E-state index contributed by atoms with van der Waals surface area (Å²) in [5.41, 5.74) is 20.3. The minimum absolute atomic E-state index is 1.12. The Labute approximate surface area is 355 Å². The molecule has 10 aromatic rings. The second-order valence-corrected chi connectivity index (χ2v) is 16.8. The van der Waals surface area contributed by atoms with Gasteiger partial charge < -0.3 is 4.90 Å². The van der Waals surface area contributed by atoms with Crippen LogP contribution < -0.4 is 32.2 Å². The molecule has 1 heterocycles. The van der Waals surface area contributed by atoms with E-state index >= 15 is 0 Å². The average molecular weight is 765 g/mol. The molecule has 10 rings (SSSR count). The predicted molar refractivity (Wildman–Crippen MR) is 274 cm³/mol. The van der Waals surface area contributed by atoms with Crippen molar-refractivity contribution in [1.82, 2.24) is 0 Å². The van der Waals surface area contributed by atoms with E-state index in [-0.39, 0.29) is 0 Å². The molecule has 0 atom stereocenters. The molecule has 0 aliphatic rings. The smallest absolute Gasteiger partial charge is 0.139 e. The Morgan fingerprint density at radius 3 is 1.49 bits per heavy atom. The molecule has 7 heteroatoms. The zero-order chi connectivity index (χ0) is 40.2. The van der Waals surface area contributed by atoms with Crippen LogP contribution in [-0.2, 0) is 0 Å². The normalized spacial score (nSPS) is 11.4. The van der Waals surface area contributed by atoms with E-state index in [1.807, 2.05) is 11.3 Å². The van der Waals surface area contributed by atoms with Gasteiger partial charge in [-0.25, -0.2) is 0 Å². The molecular weight excluding hydrogens is 725 g/mol. The SMILES string of the molecule is Bc1c(B)c(B)c(-c2ccc(N(c3ccc(-c4cccc5ccccc45)cc3)c3ccc(-c4ccccc4)c4c3sc3c(-c5ccccc5)cccc34)cc2)c(B)c1B. The van der Waals surface area contributed by atoms with E-state index in [1.165, 1.54) is 108 Å². The van der Waals surface area contributed by atoms with Gasteiger partial charge in [-0.05, 0) is 85.6 Å². The molecule has 1 nitrogen and oxygen atoms in total. The number of benzene rings is 9. The van der Waals surface area contributed by atoms with Gasteiger partial charge in [0.1, 0.15) is 39.2 Å². The molecule has 0 N–H and O–H groups in total. The van der Waals surface area contributed by atoms with Gasteiger partial charge in [0.2, 0.25) is 0 Å². The lowest BCUT2D eigenvalue weighted by molar-refractivity contribution is 1.30. The predicted octanol–water partition coefficient (Wildman–Crippen LogP) is 6.64. The summed E-state index contributed by atoms with van der Waals surface area (Å²) < 4.78 is 2.57. The van der Waals surface area contributed by atoms with Gasteiger partial charge >= 0.3 is 0 Å². The number of fused-ring (bicyclic) bond motifs is 4. The highest BCUT2D eigenvalue weighted by Gasteiger charge is 2.23. The van der Waals surface area contributed by atoms with E-state index in [0.29, 0.717) is 0 Å². The Balaban J connectivity index is 1.21. The Morgan fingerprint density at radius 2 is 0.831 bits per heavy atom. The van der Waals surface area contributed by atoms with Gasteiger partial charge in [0.05, 0.1) is 10.4 Å². The van der Waals surface area contributed by atoms with Crippen molar-refractivity contribution in [2.45, 2.75) is 0 Å². The largest absolute Gasteiger partial charge is 0.309 e. The standard InChI is InChI=1S/C52H40B5NS/c53-46-44(47(54)49(56)50(57)48(46)55)35-23-27-37(28-24-35)58(36-25-21-34(22-26-36)39-18-9-16-31-15-7-8-17-38(31)39)43-30-29-40(32-11-3-1-4-12-32)45-42-20-10-19-41(51(42)59-52(43)45)33-13-5-2-6-14-33/h1-30H,53-57H2. The van der Waals surface area contributed by atoms with Crippen LogP contribution >= 0.6 is 11.3 Å². The molecule has 0 fully saturated rings. The molecule has 0 aliphatic carbocycles. The highest BCUT2D eigenvalue weighted by atomic mass is 32.1. The van der Waals surface area contributed by atoms with Crippen LogP contribution in [0.3, 0.4) is 0 Å². The summed E-state index contributed by atoms with van der Waals surface area (Å²) in [6.07, 6.45) is 0. The first-order valence-electron chi connectivity index (χ1n) is 20.5. The van der Waals surface area contributed by atoms with Crippen molar-refractivity contribution in [3.63, 3.8) is 0 Å². The Bertz CT molecular complexity index is 3160. The summed E-state index contributed by atoms with van der Waals surface area (Å²) in [5.74, 6) is 0. The average Bonchev–Trinajstić information content (AvgIpc) is 3.69. The van der Waals surface area contributed by atoms with Crippen molar-refractivity contribution in [2.75, 3.05) is 4.90 Å². The molecule has 0 radical (unpaired) electrons. The number of thiophene rings is 1. The maximum atomic E-state index is 2.47. The lowest BCUT2D eigenvalue weighted by Gasteiger charge is -2.27. The number of nitrogens with zero attached hydrogens (tertiary/aromatic N) is 1. The van der Waals surface area contributed by atoms with Crippen molar-refractivity contribution in [3.8, 4) is 44.5 Å². The fraction of sp³-hybridized carbons (Fsp3) is 0.